The van der Waals surface area contributed by atoms with Gasteiger partial charge >= 0.3 is 0 Å². The number of hydrogen-bond acceptors (Lipinski definition) is 4. The maximum absolute atomic E-state index is 12.5. The highest BCUT2D eigenvalue weighted by Gasteiger charge is 2.22. The third-order valence-corrected chi connectivity index (χ3v) is 6.48. The van der Waals surface area contributed by atoms with Crippen LogP contribution in [0, 0.1) is 0 Å². The first kappa shape index (κ1) is 18.4. The molecule has 1 saturated carbocycles. The second-order valence-corrected chi connectivity index (χ2v) is 8.47. The van der Waals surface area contributed by atoms with Gasteiger partial charge in [0.05, 0.1) is 21.8 Å². The highest BCUT2D eigenvalue weighted by Crippen LogP contribution is 2.21. The van der Waals surface area contributed by atoms with Crippen LogP contribution in [0.2, 0.25) is 10.0 Å². The van der Waals surface area contributed by atoms with E-state index in [1.54, 1.807) is 0 Å². The van der Waals surface area contributed by atoms with E-state index in [1.807, 2.05) is 0 Å². The number of nitrogens with zero attached hydrogens (tertiary/aromatic N) is 2. The van der Waals surface area contributed by atoms with Crippen LogP contribution in [0.25, 0.3) is 5.69 Å². The molecular formula is C16H17Cl2N3O3S. The molecule has 2 aromatic rings. The SMILES string of the molecule is O=c1c(Cl)c(Cl)cnn1-c1ccc(S(=O)(=O)NC2CCCCC2)cc1. The van der Waals surface area contributed by atoms with E-state index < -0.39 is 15.6 Å². The number of benzene rings is 1. The average Bonchev–Trinajstić information content (AvgIpc) is 2.60. The first-order chi connectivity index (χ1) is 11.9. The predicted octanol–water partition coefficient (Wildman–Crippen LogP) is 3.15. The minimum Gasteiger partial charge on any atom is -0.266 e. The second-order valence-electron chi connectivity index (χ2n) is 5.97. The van der Waals surface area contributed by atoms with Crippen LogP contribution in [0.1, 0.15) is 32.1 Å². The quantitative estimate of drug-likeness (QED) is 0.852. The van der Waals surface area contributed by atoms with Gasteiger partial charge in [0.1, 0.15) is 5.02 Å². The zero-order chi connectivity index (χ0) is 18.0. The van der Waals surface area contributed by atoms with Crippen molar-refractivity contribution in [1.82, 2.24) is 14.5 Å². The molecule has 1 aliphatic rings. The van der Waals surface area contributed by atoms with Crippen LogP contribution < -0.4 is 10.3 Å². The molecule has 9 heteroatoms. The highest BCUT2D eigenvalue weighted by atomic mass is 35.5. The van der Waals surface area contributed by atoms with Crippen molar-refractivity contribution < 1.29 is 8.42 Å². The Morgan fingerprint density at radius 2 is 1.72 bits per heavy atom. The Bertz CT molecular complexity index is 921. The molecule has 0 bridgehead atoms. The zero-order valence-electron chi connectivity index (χ0n) is 13.3. The Balaban J connectivity index is 1.85. The predicted molar refractivity (Wildman–Crippen MR) is 97.0 cm³/mol. The maximum atomic E-state index is 12.5. The molecule has 0 saturated heterocycles. The lowest BCUT2D eigenvalue weighted by atomic mass is 9.96. The van der Waals surface area contributed by atoms with E-state index in [1.165, 1.54) is 30.5 Å². The first-order valence-electron chi connectivity index (χ1n) is 7.94. The lowest BCUT2D eigenvalue weighted by Crippen LogP contribution is -2.36. The van der Waals surface area contributed by atoms with E-state index in [0.717, 1.165) is 36.8 Å². The topological polar surface area (TPSA) is 81.1 Å². The second kappa shape index (κ2) is 7.45. The van der Waals surface area contributed by atoms with Crippen molar-refractivity contribution in [3.63, 3.8) is 0 Å². The lowest BCUT2D eigenvalue weighted by molar-refractivity contribution is 0.412. The third kappa shape index (κ3) is 4.06. The molecule has 1 fully saturated rings. The fourth-order valence-corrected chi connectivity index (χ4v) is 4.43. The lowest BCUT2D eigenvalue weighted by Gasteiger charge is -2.22. The van der Waals surface area contributed by atoms with Crippen molar-refractivity contribution in [2.45, 2.75) is 43.0 Å². The minimum absolute atomic E-state index is 0.0159. The summed E-state index contributed by atoms with van der Waals surface area (Å²) in [7, 11) is -3.59. The fraction of sp³-hybridized carbons (Fsp3) is 0.375. The third-order valence-electron chi connectivity index (χ3n) is 4.19. The maximum Gasteiger partial charge on any atom is 0.291 e. The molecule has 134 valence electrons. The molecule has 1 aromatic carbocycles. The molecule has 1 aromatic heterocycles. The highest BCUT2D eigenvalue weighted by molar-refractivity contribution is 7.89. The van der Waals surface area contributed by atoms with E-state index in [9.17, 15) is 13.2 Å². The van der Waals surface area contributed by atoms with Crippen molar-refractivity contribution in [3.8, 4) is 5.69 Å². The van der Waals surface area contributed by atoms with Gasteiger partial charge in [0, 0.05) is 6.04 Å². The summed E-state index contributed by atoms with van der Waals surface area (Å²) in [5.74, 6) is 0. The number of rotatable bonds is 4. The van der Waals surface area contributed by atoms with Crippen molar-refractivity contribution >= 4 is 33.2 Å². The molecule has 0 spiro atoms. The monoisotopic (exact) mass is 401 g/mol. The van der Waals surface area contributed by atoms with E-state index in [4.69, 9.17) is 23.2 Å². The Kier molecular flexibility index (Phi) is 5.48. The average molecular weight is 402 g/mol. The van der Waals surface area contributed by atoms with Crippen LogP contribution in [0.5, 0.6) is 0 Å². The molecule has 6 nitrogen and oxygen atoms in total. The summed E-state index contributed by atoms with van der Waals surface area (Å²) < 4.78 is 28.8. The number of sulfonamides is 1. The van der Waals surface area contributed by atoms with Gasteiger partial charge in [-0.1, -0.05) is 42.5 Å². The number of nitrogens with one attached hydrogen (secondary N) is 1. The van der Waals surface area contributed by atoms with Crippen LogP contribution in [0.3, 0.4) is 0 Å². The Labute approximate surface area is 155 Å². The van der Waals surface area contributed by atoms with Gasteiger partial charge in [-0.2, -0.15) is 9.78 Å². The molecule has 0 atom stereocenters. The largest absolute Gasteiger partial charge is 0.291 e. The molecule has 0 radical (unpaired) electrons. The van der Waals surface area contributed by atoms with Crippen molar-refractivity contribution in [2.75, 3.05) is 0 Å². The molecule has 1 heterocycles. The van der Waals surface area contributed by atoms with Crippen LogP contribution in [0.4, 0.5) is 0 Å². The van der Waals surface area contributed by atoms with Crippen molar-refractivity contribution in [3.05, 3.63) is 50.9 Å². The molecule has 0 amide bonds. The van der Waals surface area contributed by atoms with Gasteiger partial charge < -0.3 is 0 Å². The number of halogens is 2. The van der Waals surface area contributed by atoms with Gasteiger partial charge in [0.2, 0.25) is 10.0 Å². The summed E-state index contributed by atoms with van der Waals surface area (Å²) in [4.78, 5) is 12.2. The zero-order valence-corrected chi connectivity index (χ0v) is 15.6. The summed E-state index contributed by atoms with van der Waals surface area (Å²) in [5, 5.41) is 3.85. The molecule has 25 heavy (non-hydrogen) atoms. The molecule has 3 rings (SSSR count). The Hall–Kier alpha value is -1.41. The van der Waals surface area contributed by atoms with Gasteiger partial charge in [0.15, 0.2) is 0 Å². The summed E-state index contributed by atoms with van der Waals surface area (Å²) >= 11 is 11.6. The minimum atomic E-state index is -3.59. The summed E-state index contributed by atoms with van der Waals surface area (Å²) in [6.45, 7) is 0. The smallest absolute Gasteiger partial charge is 0.266 e. The fourth-order valence-electron chi connectivity index (χ4n) is 2.87. The van der Waals surface area contributed by atoms with E-state index in [-0.39, 0.29) is 21.0 Å². The molecular weight excluding hydrogens is 385 g/mol. The van der Waals surface area contributed by atoms with Crippen LogP contribution in [-0.4, -0.2) is 24.2 Å². The normalized spacial score (nSPS) is 16.1. The number of aromatic nitrogens is 2. The molecule has 0 unspecified atom stereocenters. The van der Waals surface area contributed by atoms with Gasteiger partial charge in [-0.3, -0.25) is 4.79 Å². The van der Waals surface area contributed by atoms with E-state index in [2.05, 4.69) is 9.82 Å². The van der Waals surface area contributed by atoms with Crippen LogP contribution in [-0.2, 0) is 10.0 Å². The van der Waals surface area contributed by atoms with Gasteiger partial charge in [0.25, 0.3) is 5.56 Å². The van der Waals surface area contributed by atoms with E-state index in [0.29, 0.717) is 5.69 Å². The van der Waals surface area contributed by atoms with Gasteiger partial charge in [-0.15, -0.1) is 0 Å². The van der Waals surface area contributed by atoms with Crippen LogP contribution in [0.15, 0.2) is 40.2 Å². The first-order valence-corrected chi connectivity index (χ1v) is 10.2. The Morgan fingerprint density at radius 1 is 1.08 bits per heavy atom. The van der Waals surface area contributed by atoms with Crippen LogP contribution >= 0.6 is 23.2 Å². The van der Waals surface area contributed by atoms with E-state index >= 15 is 0 Å². The summed E-state index contributed by atoms with van der Waals surface area (Å²) in [5.41, 5.74) is -0.162. The Morgan fingerprint density at radius 3 is 2.36 bits per heavy atom. The number of hydrogen-bond donors (Lipinski definition) is 1. The molecule has 0 aliphatic heterocycles. The van der Waals surface area contributed by atoms with Crippen molar-refractivity contribution in [2.24, 2.45) is 0 Å². The molecule has 1 aliphatic carbocycles. The van der Waals surface area contributed by atoms with Gasteiger partial charge in [-0.05, 0) is 37.1 Å². The van der Waals surface area contributed by atoms with Gasteiger partial charge in [-0.25, -0.2) is 13.1 Å². The summed E-state index contributed by atoms with van der Waals surface area (Å²) in [6, 6.07) is 5.88. The summed E-state index contributed by atoms with van der Waals surface area (Å²) in [6.07, 6.45) is 6.22. The standard InChI is InChI=1S/C16H17Cl2N3O3S/c17-14-10-19-21(16(22)15(14)18)12-6-8-13(9-7-12)25(23,24)20-11-4-2-1-3-5-11/h6-11,20H,1-5H2. The molecule has 1 N–H and O–H groups in total. The van der Waals surface area contributed by atoms with Crippen molar-refractivity contribution in [1.29, 1.82) is 0 Å².